The van der Waals surface area contributed by atoms with Crippen molar-refractivity contribution in [1.82, 2.24) is 19.7 Å². The van der Waals surface area contributed by atoms with E-state index in [0.29, 0.717) is 10.6 Å². The van der Waals surface area contributed by atoms with Gasteiger partial charge in [-0.2, -0.15) is 5.10 Å². The molecule has 0 spiro atoms. The van der Waals surface area contributed by atoms with Gasteiger partial charge in [0, 0.05) is 19.9 Å². The molecule has 3 aromatic rings. The van der Waals surface area contributed by atoms with Crippen LogP contribution in [0.5, 0.6) is 0 Å². The number of thiophene rings is 1. The predicted octanol–water partition coefficient (Wildman–Crippen LogP) is 2.87. The third kappa shape index (κ3) is 4.31. The molecule has 2 amide bonds. The summed E-state index contributed by atoms with van der Waals surface area (Å²) in [4.78, 5) is 43.8. The monoisotopic (exact) mass is 443 g/mol. The second kappa shape index (κ2) is 8.64. The number of carbonyl (C=O) groups is 3. The number of benzene rings is 1. The maximum absolute atomic E-state index is 14.5. The van der Waals surface area contributed by atoms with Crippen molar-refractivity contribution in [2.24, 2.45) is 0 Å². The summed E-state index contributed by atoms with van der Waals surface area (Å²) in [6.45, 7) is 0.0437. The first-order valence-electron chi connectivity index (χ1n) is 9.39. The average Bonchev–Trinajstić information content (AvgIpc) is 3.52. The molecule has 31 heavy (non-hydrogen) atoms. The standard InChI is InChI=1S/C20H18FN5O4S/c1-24(18(28)7-6-16(27)17-3-2-8-31-17)19-10-25(20(29)30-19)13-4-5-15(14(21)9-13)26-12-22-11-23-26/h2-5,8-9,11-12,19H,6-7,10H2,1H3. The first-order valence-corrected chi connectivity index (χ1v) is 10.3. The van der Waals surface area contributed by atoms with Gasteiger partial charge in [-0.25, -0.2) is 18.9 Å². The second-order valence-electron chi connectivity index (χ2n) is 6.83. The molecule has 160 valence electrons. The van der Waals surface area contributed by atoms with E-state index in [-0.39, 0.29) is 36.8 Å². The van der Waals surface area contributed by atoms with Crippen molar-refractivity contribution in [2.75, 3.05) is 18.5 Å². The number of ketones is 1. The van der Waals surface area contributed by atoms with Crippen LogP contribution in [0.15, 0.2) is 48.4 Å². The molecule has 2 aromatic heterocycles. The second-order valence-corrected chi connectivity index (χ2v) is 7.78. The number of hydrogen-bond acceptors (Lipinski definition) is 7. The van der Waals surface area contributed by atoms with Gasteiger partial charge in [-0.1, -0.05) is 6.07 Å². The van der Waals surface area contributed by atoms with Gasteiger partial charge < -0.3 is 9.64 Å². The van der Waals surface area contributed by atoms with E-state index in [0.717, 1.165) is 0 Å². The van der Waals surface area contributed by atoms with E-state index in [1.54, 1.807) is 23.6 Å². The van der Waals surface area contributed by atoms with Crippen molar-refractivity contribution in [1.29, 1.82) is 0 Å². The number of rotatable bonds is 7. The summed E-state index contributed by atoms with van der Waals surface area (Å²) in [7, 11) is 1.51. The fraction of sp³-hybridized carbons (Fsp3) is 0.250. The molecule has 1 saturated heterocycles. The molecule has 0 radical (unpaired) electrons. The molecule has 1 atom stereocenters. The highest BCUT2D eigenvalue weighted by Crippen LogP contribution is 2.26. The molecule has 1 aliphatic heterocycles. The highest BCUT2D eigenvalue weighted by Gasteiger charge is 2.37. The molecule has 0 aliphatic carbocycles. The lowest BCUT2D eigenvalue weighted by Gasteiger charge is -2.22. The summed E-state index contributed by atoms with van der Waals surface area (Å²) in [5, 5.41) is 5.68. The predicted molar refractivity (Wildman–Crippen MR) is 110 cm³/mol. The molecule has 1 unspecified atom stereocenters. The van der Waals surface area contributed by atoms with Crippen molar-refractivity contribution in [3.05, 3.63) is 59.1 Å². The Bertz CT molecular complexity index is 1100. The van der Waals surface area contributed by atoms with E-state index in [9.17, 15) is 18.8 Å². The molecule has 1 fully saturated rings. The lowest BCUT2D eigenvalue weighted by atomic mass is 10.2. The van der Waals surface area contributed by atoms with Crippen molar-refractivity contribution in [2.45, 2.75) is 19.1 Å². The highest BCUT2D eigenvalue weighted by atomic mass is 32.1. The van der Waals surface area contributed by atoms with Gasteiger partial charge >= 0.3 is 6.09 Å². The van der Waals surface area contributed by atoms with Crippen LogP contribution in [0, 0.1) is 5.82 Å². The summed E-state index contributed by atoms with van der Waals surface area (Å²) >= 11 is 1.33. The van der Waals surface area contributed by atoms with Crippen LogP contribution in [-0.2, 0) is 9.53 Å². The number of aromatic nitrogens is 3. The Morgan fingerprint density at radius 2 is 2.16 bits per heavy atom. The molecule has 4 rings (SSSR count). The van der Waals surface area contributed by atoms with Gasteiger partial charge in [-0.3, -0.25) is 14.5 Å². The van der Waals surface area contributed by atoms with Gasteiger partial charge in [-0.15, -0.1) is 11.3 Å². The smallest absolute Gasteiger partial charge is 0.416 e. The van der Waals surface area contributed by atoms with Crippen LogP contribution < -0.4 is 4.90 Å². The molecule has 9 nitrogen and oxygen atoms in total. The third-order valence-electron chi connectivity index (χ3n) is 4.89. The highest BCUT2D eigenvalue weighted by molar-refractivity contribution is 7.12. The Balaban J connectivity index is 1.39. The van der Waals surface area contributed by atoms with E-state index in [4.69, 9.17) is 4.74 Å². The minimum absolute atomic E-state index is 0.00249. The van der Waals surface area contributed by atoms with E-state index in [2.05, 4.69) is 10.1 Å². The van der Waals surface area contributed by atoms with E-state index >= 15 is 0 Å². The maximum atomic E-state index is 14.5. The van der Waals surface area contributed by atoms with Gasteiger partial charge in [0.1, 0.15) is 18.3 Å². The van der Waals surface area contributed by atoms with Crippen molar-refractivity contribution >= 4 is 34.8 Å². The molecular formula is C20H18FN5O4S. The normalized spacial score (nSPS) is 15.7. The number of likely N-dealkylation sites (N-methyl/N-ethyl adjacent to an activating group) is 1. The van der Waals surface area contributed by atoms with E-state index in [1.807, 2.05) is 0 Å². The van der Waals surface area contributed by atoms with Crippen LogP contribution in [0.3, 0.4) is 0 Å². The number of hydrogen-bond donors (Lipinski definition) is 0. The zero-order valence-corrected chi connectivity index (χ0v) is 17.3. The van der Waals surface area contributed by atoms with Gasteiger partial charge in [0.2, 0.25) is 5.91 Å². The van der Waals surface area contributed by atoms with Gasteiger partial charge in [-0.05, 0) is 29.6 Å². The van der Waals surface area contributed by atoms with Crippen LogP contribution in [-0.4, -0.2) is 57.3 Å². The van der Waals surface area contributed by atoms with Crippen molar-refractivity contribution in [3.8, 4) is 5.69 Å². The number of Topliss-reactive ketones (excluding diaryl/α,β-unsaturated/α-hetero) is 1. The quantitative estimate of drug-likeness (QED) is 0.521. The lowest BCUT2D eigenvalue weighted by Crippen LogP contribution is -2.39. The van der Waals surface area contributed by atoms with Gasteiger partial charge in [0.05, 0.1) is 17.1 Å². The van der Waals surface area contributed by atoms with E-state index in [1.165, 1.54) is 57.7 Å². The number of nitrogens with zero attached hydrogens (tertiary/aromatic N) is 5. The fourth-order valence-electron chi connectivity index (χ4n) is 3.16. The molecule has 0 N–H and O–H groups in total. The SMILES string of the molecule is CN(C(=O)CCC(=O)c1cccs1)C1CN(c2ccc(-n3cncn3)c(F)c2)C(=O)O1. The van der Waals surface area contributed by atoms with E-state index < -0.39 is 18.1 Å². The minimum Gasteiger partial charge on any atom is -0.423 e. The third-order valence-corrected chi connectivity index (χ3v) is 5.80. The summed E-state index contributed by atoms with van der Waals surface area (Å²) in [6, 6.07) is 7.73. The Kier molecular flexibility index (Phi) is 5.76. The summed E-state index contributed by atoms with van der Waals surface area (Å²) in [5.74, 6) is -1.02. The number of amides is 2. The number of cyclic esters (lactones) is 1. The zero-order valence-electron chi connectivity index (χ0n) is 16.5. The first-order chi connectivity index (χ1) is 14.9. The molecule has 3 heterocycles. The van der Waals surface area contributed by atoms with Crippen LogP contribution in [0.1, 0.15) is 22.5 Å². The Hall–Kier alpha value is -3.60. The molecule has 1 aromatic carbocycles. The summed E-state index contributed by atoms with van der Waals surface area (Å²) in [6.07, 6.45) is 1.20. The topological polar surface area (TPSA) is 97.6 Å². The average molecular weight is 443 g/mol. The van der Waals surface area contributed by atoms with Crippen LogP contribution >= 0.6 is 11.3 Å². The Morgan fingerprint density at radius 3 is 2.84 bits per heavy atom. The summed E-state index contributed by atoms with van der Waals surface area (Å²) in [5.41, 5.74) is 0.482. The molecular weight excluding hydrogens is 425 g/mol. The largest absolute Gasteiger partial charge is 0.423 e. The number of anilines is 1. The van der Waals surface area contributed by atoms with Crippen LogP contribution in [0.2, 0.25) is 0 Å². The van der Waals surface area contributed by atoms with Crippen molar-refractivity contribution in [3.63, 3.8) is 0 Å². The maximum Gasteiger partial charge on any atom is 0.416 e. The minimum atomic E-state index is -0.838. The van der Waals surface area contributed by atoms with Gasteiger partial charge in [0.25, 0.3) is 0 Å². The van der Waals surface area contributed by atoms with Crippen LogP contribution in [0.25, 0.3) is 5.69 Å². The molecule has 11 heteroatoms. The zero-order chi connectivity index (χ0) is 22.0. The number of carbonyl (C=O) groups excluding carboxylic acids is 3. The number of halogens is 1. The van der Waals surface area contributed by atoms with Gasteiger partial charge in [0.15, 0.2) is 17.8 Å². The number of ether oxygens (including phenoxy) is 1. The van der Waals surface area contributed by atoms with Crippen LogP contribution in [0.4, 0.5) is 14.9 Å². The lowest BCUT2D eigenvalue weighted by molar-refractivity contribution is -0.136. The first kappa shape index (κ1) is 20.7. The molecule has 0 bridgehead atoms. The fourth-order valence-corrected chi connectivity index (χ4v) is 3.85. The molecule has 1 aliphatic rings. The van der Waals surface area contributed by atoms with Crippen molar-refractivity contribution < 1.29 is 23.5 Å². The Labute approximate surface area is 180 Å². The molecule has 0 saturated carbocycles. The Morgan fingerprint density at radius 1 is 1.32 bits per heavy atom. The summed E-state index contributed by atoms with van der Waals surface area (Å²) < 4.78 is 21.1.